The third kappa shape index (κ3) is 9.36. The normalized spacial score (nSPS) is 23.5. The predicted molar refractivity (Wildman–Crippen MR) is 106 cm³/mol. The summed E-state index contributed by atoms with van der Waals surface area (Å²) in [5.74, 6) is 0. The first-order valence-corrected chi connectivity index (χ1v) is 10.6. The summed E-state index contributed by atoms with van der Waals surface area (Å²) < 4.78 is 0. The molecule has 1 saturated heterocycles. The Balaban J connectivity index is 2.53. The van der Waals surface area contributed by atoms with E-state index in [-0.39, 0.29) is 0 Å². The van der Waals surface area contributed by atoms with E-state index in [0.29, 0.717) is 0 Å². The molecule has 1 rings (SSSR count). The van der Waals surface area contributed by atoms with E-state index in [0.717, 1.165) is 13.3 Å². The number of hydrogen-bond acceptors (Lipinski definition) is 4. The maximum atomic E-state index is 2.63. The van der Waals surface area contributed by atoms with Crippen molar-refractivity contribution in [2.24, 2.45) is 0 Å². The Labute approximate surface area is 152 Å². The van der Waals surface area contributed by atoms with E-state index in [4.69, 9.17) is 0 Å². The van der Waals surface area contributed by atoms with Crippen molar-refractivity contribution in [1.29, 1.82) is 0 Å². The fourth-order valence-corrected chi connectivity index (χ4v) is 3.58. The second kappa shape index (κ2) is 14.1. The molecule has 24 heavy (non-hydrogen) atoms. The van der Waals surface area contributed by atoms with Crippen molar-refractivity contribution in [3.05, 3.63) is 0 Å². The highest BCUT2D eigenvalue weighted by Gasteiger charge is 2.11. The van der Waals surface area contributed by atoms with Gasteiger partial charge in [0.15, 0.2) is 0 Å². The number of rotatable bonds is 4. The van der Waals surface area contributed by atoms with Gasteiger partial charge in [-0.2, -0.15) is 0 Å². The molecular formula is C20H44N4. The minimum atomic E-state index is 1.16. The topological polar surface area (TPSA) is 13.0 Å². The van der Waals surface area contributed by atoms with Gasteiger partial charge in [-0.1, -0.05) is 40.5 Å². The Morgan fingerprint density at radius 1 is 0.417 bits per heavy atom. The van der Waals surface area contributed by atoms with Gasteiger partial charge in [0.1, 0.15) is 0 Å². The minimum absolute atomic E-state index is 1.16. The molecule has 0 aromatic rings. The first kappa shape index (κ1) is 21.9. The zero-order chi connectivity index (χ0) is 17.6. The van der Waals surface area contributed by atoms with Gasteiger partial charge in [-0.15, -0.1) is 0 Å². The van der Waals surface area contributed by atoms with E-state index in [9.17, 15) is 0 Å². The Morgan fingerprint density at radius 3 is 0.875 bits per heavy atom. The third-order valence-corrected chi connectivity index (χ3v) is 5.49. The van der Waals surface area contributed by atoms with Crippen molar-refractivity contribution >= 4 is 0 Å². The predicted octanol–water partition coefficient (Wildman–Crippen LogP) is 3.54. The molecular weight excluding hydrogens is 296 g/mol. The Bertz CT molecular complexity index is 233. The van der Waals surface area contributed by atoms with E-state index >= 15 is 0 Å². The van der Waals surface area contributed by atoms with Crippen LogP contribution >= 0.6 is 0 Å². The smallest absolute Gasteiger partial charge is 0.0505 e. The van der Waals surface area contributed by atoms with Crippen LogP contribution < -0.4 is 0 Å². The summed E-state index contributed by atoms with van der Waals surface area (Å²) in [7, 11) is 0. The van der Waals surface area contributed by atoms with Crippen LogP contribution in [0.4, 0.5) is 0 Å². The van der Waals surface area contributed by atoms with Crippen molar-refractivity contribution in [1.82, 2.24) is 19.6 Å². The summed E-state index contributed by atoms with van der Waals surface area (Å²) in [6.45, 7) is 21.4. The van der Waals surface area contributed by atoms with Crippen LogP contribution in [0.3, 0.4) is 0 Å². The fraction of sp³-hybridized carbons (Fsp3) is 1.00. The molecule has 0 N–H and O–H groups in total. The summed E-state index contributed by atoms with van der Waals surface area (Å²) >= 11 is 0. The monoisotopic (exact) mass is 340 g/mol. The van der Waals surface area contributed by atoms with Crippen LogP contribution in [0, 0.1) is 0 Å². The van der Waals surface area contributed by atoms with Gasteiger partial charge in [0.05, 0.1) is 13.3 Å². The Kier molecular flexibility index (Phi) is 12.8. The molecule has 1 aliphatic heterocycles. The molecule has 0 unspecified atom stereocenters. The molecule has 0 atom stereocenters. The summed E-state index contributed by atoms with van der Waals surface area (Å²) in [4.78, 5) is 10.5. The van der Waals surface area contributed by atoms with Crippen molar-refractivity contribution < 1.29 is 0 Å². The van der Waals surface area contributed by atoms with Crippen LogP contribution in [-0.4, -0.2) is 85.3 Å². The molecule has 1 aliphatic rings. The summed E-state index contributed by atoms with van der Waals surface area (Å²) in [5.41, 5.74) is 0. The molecule has 0 spiro atoms. The van der Waals surface area contributed by atoms with Gasteiger partial charge in [0.25, 0.3) is 0 Å². The molecule has 144 valence electrons. The summed E-state index contributed by atoms with van der Waals surface area (Å²) in [5, 5.41) is 0. The molecule has 0 amide bonds. The van der Waals surface area contributed by atoms with Gasteiger partial charge >= 0.3 is 0 Å². The second-order valence-electron chi connectivity index (χ2n) is 7.25. The average Bonchev–Trinajstić information content (AvgIpc) is 2.61. The molecule has 0 aliphatic carbocycles. The van der Waals surface area contributed by atoms with Crippen LogP contribution in [0.5, 0.6) is 0 Å². The van der Waals surface area contributed by atoms with Crippen LogP contribution in [0.1, 0.15) is 66.2 Å². The lowest BCUT2D eigenvalue weighted by Gasteiger charge is -2.31. The quantitative estimate of drug-likeness (QED) is 0.776. The maximum Gasteiger partial charge on any atom is 0.0505 e. The zero-order valence-electron chi connectivity index (χ0n) is 17.1. The molecule has 1 heterocycles. The average molecular weight is 341 g/mol. The van der Waals surface area contributed by atoms with Crippen LogP contribution in [0.15, 0.2) is 0 Å². The van der Waals surface area contributed by atoms with Crippen molar-refractivity contribution in [3.63, 3.8) is 0 Å². The van der Waals surface area contributed by atoms with Crippen molar-refractivity contribution in [2.75, 3.05) is 65.7 Å². The SMILES string of the molecule is CCN1CCCCCN(CC)CN(CC)CCCCCN(CC)C1. The lowest BCUT2D eigenvalue weighted by molar-refractivity contribution is 0.123. The highest BCUT2D eigenvalue weighted by Crippen LogP contribution is 2.07. The van der Waals surface area contributed by atoms with E-state index in [1.165, 1.54) is 90.9 Å². The summed E-state index contributed by atoms with van der Waals surface area (Å²) in [6.07, 6.45) is 8.12. The first-order valence-electron chi connectivity index (χ1n) is 10.6. The Hall–Kier alpha value is -0.160. The molecule has 4 nitrogen and oxygen atoms in total. The van der Waals surface area contributed by atoms with Crippen LogP contribution in [-0.2, 0) is 0 Å². The number of nitrogens with zero attached hydrogens (tertiary/aromatic N) is 4. The standard InChI is InChI=1S/C20H44N4/c1-5-21-15-11-9-12-17-23(7-3)20-24(8-4)18-14-10-13-16-22(6-2)19-21/h5-20H2,1-4H3. The molecule has 0 aromatic heterocycles. The minimum Gasteiger partial charge on any atom is -0.291 e. The van der Waals surface area contributed by atoms with E-state index in [1.807, 2.05) is 0 Å². The molecule has 0 bridgehead atoms. The molecule has 0 aromatic carbocycles. The number of hydrogen-bond donors (Lipinski definition) is 0. The van der Waals surface area contributed by atoms with Gasteiger partial charge in [-0.25, -0.2) is 0 Å². The first-order chi connectivity index (χ1) is 11.7. The largest absolute Gasteiger partial charge is 0.291 e. The fourth-order valence-electron chi connectivity index (χ4n) is 3.58. The van der Waals surface area contributed by atoms with Gasteiger partial charge in [-0.3, -0.25) is 19.6 Å². The highest BCUT2D eigenvalue weighted by molar-refractivity contribution is 4.64. The van der Waals surface area contributed by atoms with Crippen molar-refractivity contribution in [2.45, 2.75) is 66.2 Å². The van der Waals surface area contributed by atoms with E-state index in [2.05, 4.69) is 47.3 Å². The summed E-state index contributed by atoms with van der Waals surface area (Å²) in [6, 6.07) is 0. The van der Waals surface area contributed by atoms with Gasteiger partial charge in [0.2, 0.25) is 0 Å². The van der Waals surface area contributed by atoms with Gasteiger partial charge < -0.3 is 0 Å². The molecule has 0 radical (unpaired) electrons. The lowest BCUT2D eigenvalue weighted by atomic mass is 10.2. The molecule has 0 saturated carbocycles. The lowest BCUT2D eigenvalue weighted by Crippen LogP contribution is -2.40. The van der Waals surface area contributed by atoms with Crippen molar-refractivity contribution in [3.8, 4) is 0 Å². The van der Waals surface area contributed by atoms with Crippen LogP contribution in [0.25, 0.3) is 0 Å². The Morgan fingerprint density at radius 2 is 0.667 bits per heavy atom. The molecule has 4 heteroatoms. The van der Waals surface area contributed by atoms with E-state index < -0.39 is 0 Å². The van der Waals surface area contributed by atoms with Gasteiger partial charge in [0, 0.05) is 0 Å². The van der Waals surface area contributed by atoms with E-state index in [1.54, 1.807) is 0 Å². The van der Waals surface area contributed by atoms with Gasteiger partial charge in [-0.05, 0) is 78.0 Å². The van der Waals surface area contributed by atoms with Crippen LogP contribution in [0.2, 0.25) is 0 Å². The zero-order valence-corrected chi connectivity index (χ0v) is 17.1. The highest BCUT2D eigenvalue weighted by atomic mass is 15.3. The second-order valence-corrected chi connectivity index (χ2v) is 7.25. The third-order valence-electron chi connectivity index (χ3n) is 5.49. The maximum absolute atomic E-state index is 2.63. The molecule has 1 fully saturated rings.